The fourth-order valence-corrected chi connectivity index (χ4v) is 4.80. The predicted octanol–water partition coefficient (Wildman–Crippen LogP) is 3.58. The number of aryl methyl sites for hydroxylation is 1. The van der Waals surface area contributed by atoms with Gasteiger partial charge in [0.25, 0.3) is 5.91 Å². The van der Waals surface area contributed by atoms with Crippen molar-refractivity contribution in [1.29, 1.82) is 0 Å². The number of carbonyl (C=O) groups is 1. The van der Waals surface area contributed by atoms with E-state index in [1.54, 1.807) is 18.3 Å². The van der Waals surface area contributed by atoms with Gasteiger partial charge in [-0.1, -0.05) is 18.2 Å². The average molecular weight is 435 g/mol. The number of aromatic amines is 1. The summed E-state index contributed by atoms with van der Waals surface area (Å²) in [6, 6.07) is 6.74. The minimum atomic E-state index is -0.282. The first-order valence-corrected chi connectivity index (χ1v) is 11.2. The molecule has 2 aromatic heterocycles. The van der Waals surface area contributed by atoms with Gasteiger partial charge in [0.1, 0.15) is 5.82 Å². The van der Waals surface area contributed by atoms with Gasteiger partial charge in [0.05, 0.1) is 5.69 Å². The number of aromatic nitrogens is 4. The summed E-state index contributed by atoms with van der Waals surface area (Å²) >= 11 is 0. The largest absolute Gasteiger partial charge is 0.347 e. The lowest BCUT2D eigenvalue weighted by Crippen LogP contribution is -2.38. The second-order valence-electron chi connectivity index (χ2n) is 8.79. The Kier molecular flexibility index (Phi) is 5.36. The zero-order chi connectivity index (χ0) is 22.2. The van der Waals surface area contributed by atoms with Gasteiger partial charge in [0.2, 0.25) is 5.95 Å². The molecule has 0 atom stereocenters. The molecule has 8 heteroatoms. The molecular weight excluding hydrogens is 407 g/mol. The minimum Gasteiger partial charge on any atom is -0.347 e. The monoisotopic (exact) mass is 434 g/mol. The van der Waals surface area contributed by atoms with E-state index in [2.05, 4.69) is 15.2 Å². The first kappa shape index (κ1) is 20.6. The Bertz CT molecular complexity index is 1150. The van der Waals surface area contributed by atoms with E-state index in [9.17, 15) is 9.18 Å². The van der Waals surface area contributed by atoms with Gasteiger partial charge < -0.3 is 9.80 Å². The van der Waals surface area contributed by atoms with Crippen LogP contribution in [0.15, 0.2) is 30.5 Å². The van der Waals surface area contributed by atoms with E-state index in [0.717, 1.165) is 54.6 Å². The Morgan fingerprint density at radius 3 is 2.69 bits per heavy atom. The summed E-state index contributed by atoms with van der Waals surface area (Å²) in [5.74, 6) is 0.453. The highest BCUT2D eigenvalue weighted by Crippen LogP contribution is 2.36. The first-order valence-electron chi connectivity index (χ1n) is 11.2. The zero-order valence-electron chi connectivity index (χ0n) is 18.4. The van der Waals surface area contributed by atoms with Gasteiger partial charge in [-0.3, -0.25) is 9.89 Å². The summed E-state index contributed by atoms with van der Waals surface area (Å²) in [7, 11) is 3.79. The zero-order valence-corrected chi connectivity index (χ0v) is 18.4. The molecule has 0 radical (unpaired) electrons. The molecule has 1 aliphatic heterocycles. The third-order valence-electron chi connectivity index (χ3n) is 6.55. The van der Waals surface area contributed by atoms with Crippen molar-refractivity contribution in [2.24, 2.45) is 0 Å². The highest BCUT2D eigenvalue weighted by atomic mass is 19.1. The van der Waals surface area contributed by atoms with Crippen molar-refractivity contribution in [3.05, 3.63) is 58.9 Å². The van der Waals surface area contributed by atoms with Crippen molar-refractivity contribution in [3.63, 3.8) is 0 Å². The number of piperidine rings is 1. The Morgan fingerprint density at radius 2 is 1.94 bits per heavy atom. The van der Waals surface area contributed by atoms with Crippen molar-refractivity contribution in [2.45, 2.75) is 38.0 Å². The molecule has 1 amide bonds. The minimum absolute atomic E-state index is 0.00819. The van der Waals surface area contributed by atoms with Crippen LogP contribution in [0.5, 0.6) is 0 Å². The van der Waals surface area contributed by atoms with Gasteiger partial charge in [0, 0.05) is 61.7 Å². The molecule has 2 aliphatic rings. The van der Waals surface area contributed by atoms with E-state index in [-0.39, 0.29) is 17.6 Å². The molecule has 1 saturated heterocycles. The van der Waals surface area contributed by atoms with E-state index in [1.165, 1.54) is 6.07 Å². The molecule has 0 spiro atoms. The van der Waals surface area contributed by atoms with E-state index in [4.69, 9.17) is 4.98 Å². The van der Waals surface area contributed by atoms with E-state index < -0.39 is 0 Å². The summed E-state index contributed by atoms with van der Waals surface area (Å²) in [6.07, 6.45) is 6.23. The number of fused-ring (bicyclic) bond motifs is 1. The molecule has 0 bridgehead atoms. The van der Waals surface area contributed by atoms with Gasteiger partial charge in [0.15, 0.2) is 5.69 Å². The standard InChI is InChI=1S/C24H27FN6O/c1-30(2)24-26-14-18(16-6-3-4-8-19(16)25)21(27-24)15-10-12-31(13-11-15)23(32)22-17-7-5-9-20(17)28-29-22/h3-4,6,8,14-15H,5,7,9-13H2,1-2H3,(H,28,29). The third kappa shape index (κ3) is 3.63. The molecule has 1 aromatic carbocycles. The van der Waals surface area contributed by atoms with Gasteiger partial charge >= 0.3 is 0 Å². The molecular formula is C24H27FN6O. The normalized spacial score (nSPS) is 16.3. The predicted molar refractivity (Wildman–Crippen MR) is 120 cm³/mol. The quantitative estimate of drug-likeness (QED) is 0.679. The number of nitrogens with one attached hydrogen (secondary N) is 1. The number of carbonyl (C=O) groups excluding carboxylic acids is 1. The van der Waals surface area contributed by atoms with Crippen molar-refractivity contribution >= 4 is 11.9 Å². The average Bonchev–Trinajstić information content (AvgIpc) is 3.43. The fourth-order valence-electron chi connectivity index (χ4n) is 4.80. The fraction of sp³-hybridized carbons (Fsp3) is 0.417. The lowest BCUT2D eigenvalue weighted by atomic mass is 9.88. The maximum Gasteiger partial charge on any atom is 0.274 e. The van der Waals surface area contributed by atoms with Crippen LogP contribution in [0.25, 0.3) is 11.1 Å². The molecule has 3 heterocycles. The number of hydrogen-bond donors (Lipinski definition) is 1. The summed E-state index contributed by atoms with van der Waals surface area (Å²) in [4.78, 5) is 26.1. The molecule has 166 valence electrons. The molecule has 7 nitrogen and oxygen atoms in total. The number of rotatable bonds is 4. The molecule has 0 saturated carbocycles. The van der Waals surface area contributed by atoms with Crippen LogP contribution in [-0.2, 0) is 12.8 Å². The highest BCUT2D eigenvalue weighted by molar-refractivity contribution is 5.94. The summed E-state index contributed by atoms with van der Waals surface area (Å²) in [6.45, 7) is 1.26. The Balaban J connectivity index is 1.39. The number of amides is 1. The van der Waals surface area contributed by atoms with E-state index >= 15 is 0 Å². The van der Waals surface area contributed by atoms with Crippen molar-refractivity contribution in [2.75, 3.05) is 32.1 Å². The third-order valence-corrected chi connectivity index (χ3v) is 6.55. The van der Waals surface area contributed by atoms with Crippen molar-refractivity contribution in [3.8, 4) is 11.1 Å². The molecule has 0 unspecified atom stereocenters. The van der Waals surface area contributed by atoms with Gasteiger partial charge in [-0.2, -0.15) is 5.10 Å². The molecule has 5 rings (SSSR count). The van der Waals surface area contributed by atoms with Crippen LogP contribution in [0.4, 0.5) is 10.3 Å². The van der Waals surface area contributed by atoms with Crippen LogP contribution < -0.4 is 4.90 Å². The van der Waals surface area contributed by atoms with Gasteiger partial charge in [-0.25, -0.2) is 14.4 Å². The van der Waals surface area contributed by atoms with E-state index in [1.807, 2.05) is 30.0 Å². The molecule has 1 aliphatic carbocycles. The van der Waals surface area contributed by atoms with Crippen LogP contribution in [0.2, 0.25) is 0 Å². The smallest absolute Gasteiger partial charge is 0.274 e. The SMILES string of the molecule is CN(C)c1ncc(-c2ccccc2F)c(C2CCN(C(=O)c3n[nH]c4c3CCC4)CC2)n1. The Morgan fingerprint density at radius 1 is 1.16 bits per heavy atom. The number of likely N-dealkylation sites (tertiary alicyclic amines) is 1. The highest BCUT2D eigenvalue weighted by Gasteiger charge is 2.31. The van der Waals surface area contributed by atoms with Crippen LogP contribution in [0.1, 0.15) is 52.6 Å². The second-order valence-corrected chi connectivity index (χ2v) is 8.79. The lowest BCUT2D eigenvalue weighted by Gasteiger charge is -2.32. The lowest BCUT2D eigenvalue weighted by molar-refractivity contribution is 0.0705. The maximum absolute atomic E-state index is 14.6. The molecule has 3 aromatic rings. The number of benzene rings is 1. The number of hydrogen-bond acceptors (Lipinski definition) is 5. The number of halogens is 1. The van der Waals surface area contributed by atoms with Crippen LogP contribution in [0, 0.1) is 5.82 Å². The molecule has 1 N–H and O–H groups in total. The second kappa shape index (κ2) is 8.33. The van der Waals surface area contributed by atoms with Crippen molar-refractivity contribution in [1.82, 2.24) is 25.1 Å². The first-order chi connectivity index (χ1) is 15.5. The van der Waals surface area contributed by atoms with Gasteiger partial charge in [-0.15, -0.1) is 0 Å². The molecule has 32 heavy (non-hydrogen) atoms. The number of nitrogens with zero attached hydrogens (tertiary/aromatic N) is 5. The summed E-state index contributed by atoms with van der Waals surface area (Å²) < 4.78 is 14.6. The Hall–Kier alpha value is -3.29. The van der Waals surface area contributed by atoms with Gasteiger partial charge in [-0.05, 0) is 38.2 Å². The maximum atomic E-state index is 14.6. The number of H-pyrrole nitrogens is 1. The van der Waals surface area contributed by atoms with Crippen LogP contribution in [0.3, 0.4) is 0 Å². The number of anilines is 1. The summed E-state index contributed by atoms with van der Waals surface area (Å²) in [5, 5.41) is 7.33. The van der Waals surface area contributed by atoms with Crippen molar-refractivity contribution < 1.29 is 9.18 Å². The molecule has 1 fully saturated rings. The summed E-state index contributed by atoms with van der Waals surface area (Å²) in [5.41, 5.74) is 4.86. The Labute approximate surface area is 186 Å². The van der Waals surface area contributed by atoms with Crippen LogP contribution in [-0.4, -0.2) is 58.2 Å². The van der Waals surface area contributed by atoms with E-state index in [0.29, 0.717) is 30.3 Å². The topological polar surface area (TPSA) is 78.0 Å². The van der Waals surface area contributed by atoms with Crippen LogP contribution >= 0.6 is 0 Å².